The van der Waals surface area contributed by atoms with Crippen LogP contribution in [0.4, 0.5) is 0 Å². The van der Waals surface area contributed by atoms with E-state index in [1.54, 1.807) is 12.1 Å². The fraction of sp³-hybridized carbons (Fsp3) is 0.0714. The molecule has 0 bridgehead atoms. The van der Waals surface area contributed by atoms with Gasteiger partial charge in [-0.05, 0) is 36.1 Å². The average molecular weight is 321 g/mol. The Labute approximate surface area is 127 Å². The minimum absolute atomic E-state index is 0.216. The van der Waals surface area contributed by atoms with E-state index in [0.29, 0.717) is 26.5 Å². The van der Waals surface area contributed by atoms with E-state index in [4.69, 9.17) is 11.6 Å². The van der Waals surface area contributed by atoms with E-state index in [-0.39, 0.29) is 5.78 Å². The molecule has 0 unspecified atom stereocenters. The minimum atomic E-state index is -0.753. The van der Waals surface area contributed by atoms with Crippen LogP contribution in [0.5, 0.6) is 0 Å². The van der Waals surface area contributed by atoms with Crippen LogP contribution in [0, 0.1) is 6.92 Å². The number of halogens is 1. The molecule has 106 valence electrons. The Kier molecular flexibility index (Phi) is 3.27. The molecular weight excluding hydrogens is 312 g/mol. The van der Waals surface area contributed by atoms with E-state index in [1.807, 2.05) is 12.3 Å². The van der Waals surface area contributed by atoms with E-state index < -0.39 is 11.1 Å². The van der Waals surface area contributed by atoms with Gasteiger partial charge in [0.1, 0.15) is 0 Å². The van der Waals surface area contributed by atoms with Crippen LogP contribution in [0.25, 0.3) is 11.0 Å². The summed E-state index contributed by atoms with van der Waals surface area (Å²) in [5, 5.41) is 2.26. The van der Waals surface area contributed by atoms with Gasteiger partial charge in [-0.3, -0.25) is 14.4 Å². The van der Waals surface area contributed by atoms with Gasteiger partial charge in [0.25, 0.3) is 0 Å². The second-order valence-electron chi connectivity index (χ2n) is 4.56. The fourth-order valence-corrected chi connectivity index (χ4v) is 3.21. The predicted octanol–water partition coefficient (Wildman–Crippen LogP) is 2.47. The molecule has 0 saturated carbocycles. The average Bonchev–Trinajstić information content (AvgIpc) is 2.79. The summed E-state index contributed by atoms with van der Waals surface area (Å²) >= 11 is 7.38. The highest BCUT2D eigenvalue weighted by molar-refractivity contribution is 7.13. The van der Waals surface area contributed by atoms with Crippen LogP contribution in [-0.2, 0) is 0 Å². The molecule has 3 rings (SSSR count). The molecule has 0 atom stereocenters. The van der Waals surface area contributed by atoms with Gasteiger partial charge in [0.05, 0.1) is 20.9 Å². The highest BCUT2D eigenvalue weighted by atomic mass is 35.5. The van der Waals surface area contributed by atoms with Crippen LogP contribution in [-0.4, -0.2) is 15.8 Å². The number of fused-ring (bicyclic) bond motifs is 1. The number of ketones is 1. The molecule has 2 aromatic heterocycles. The Morgan fingerprint density at radius 2 is 1.81 bits per heavy atom. The van der Waals surface area contributed by atoms with Crippen LogP contribution < -0.4 is 11.1 Å². The lowest BCUT2D eigenvalue weighted by molar-refractivity contribution is 0.104. The molecule has 0 spiro atoms. The topological polar surface area (TPSA) is 82.8 Å². The van der Waals surface area contributed by atoms with Crippen LogP contribution in [0.1, 0.15) is 20.8 Å². The zero-order valence-corrected chi connectivity index (χ0v) is 12.4. The quantitative estimate of drug-likeness (QED) is 0.562. The highest BCUT2D eigenvalue weighted by Gasteiger charge is 2.17. The summed E-state index contributed by atoms with van der Waals surface area (Å²) in [6.07, 6.45) is 0. The van der Waals surface area contributed by atoms with Gasteiger partial charge in [0.2, 0.25) is 5.78 Å². The van der Waals surface area contributed by atoms with Crippen molar-refractivity contribution in [3.8, 4) is 0 Å². The Balaban J connectivity index is 2.15. The first kappa shape index (κ1) is 13.8. The van der Waals surface area contributed by atoms with Crippen molar-refractivity contribution in [3.05, 3.63) is 65.3 Å². The van der Waals surface area contributed by atoms with Crippen molar-refractivity contribution in [1.82, 2.24) is 9.97 Å². The van der Waals surface area contributed by atoms with Gasteiger partial charge in [0.15, 0.2) is 0 Å². The third-order valence-electron chi connectivity index (χ3n) is 3.09. The number of carbonyl (C=O) groups is 1. The van der Waals surface area contributed by atoms with Crippen LogP contribution in [0.3, 0.4) is 0 Å². The maximum Gasteiger partial charge on any atom is 0.314 e. The smallest absolute Gasteiger partial charge is 0.314 e. The van der Waals surface area contributed by atoms with Gasteiger partial charge < -0.3 is 9.97 Å². The largest absolute Gasteiger partial charge is 0.316 e. The number of aryl methyl sites for hydroxylation is 1. The molecule has 2 N–H and O–H groups in total. The first-order valence-electron chi connectivity index (χ1n) is 6.02. The monoisotopic (exact) mass is 320 g/mol. The molecule has 0 aliphatic rings. The molecule has 2 heterocycles. The molecular formula is C14H9ClN2O3S. The Bertz CT molecular complexity index is 984. The number of H-pyrrole nitrogens is 2. The van der Waals surface area contributed by atoms with Gasteiger partial charge >= 0.3 is 11.1 Å². The second-order valence-corrected chi connectivity index (χ2v) is 5.82. The van der Waals surface area contributed by atoms with Crippen molar-refractivity contribution < 1.29 is 4.79 Å². The zero-order valence-electron chi connectivity index (χ0n) is 10.8. The van der Waals surface area contributed by atoms with Gasteiger partial charge in [0, 0.05) is 5.56 Å². The van der Waals surface area contributed by atoms with Crippen LogP contribution in [0.2, 0.25) is 5.02 Å². The number of thiophene rings is 1. The maximum atomic E-state index is 12.4. The summed E-state index contributed by atoms with van der Waals surface area (Å²) in [6.45, 7) is 1.83. The van der Waals surface area contributed by atoms with E-state index in [1.165, 1.54) is 17.4 Å². The molecule has 0 radical (unpaired) electrons. The van der Waals surface area contributed by atoms with Gasteiger partial charge in [-0.25, -0.2) is 0 Å². The molecule has 0 aliphatic heterocycles. The molecule has 0 aliphatic carbocycles. The zero-order chi connectivity index (χ0) is 15.1. The number of hydrogen-bond donors (Lipinski definition) is 2. The van der Waals surface area contributed by atoms with Crippen molar-refractivity contribution in [2.75, 3.05) is 0 Å². The molecule has 0 fully saturated rings. The normalized spacial score (nSPS) is 11.0. The lowest BCUT2D eigenvalue weighted by Crippen LogP contribution is -2.28. The third kappa shape index (κ3) is 2.32. The maximum absolute atomic E-state index is 12.4. The number of rotatable bonds is 2. The van der Waals surface area contributed by atoms with Crippen molar-refractivity contribution in [3.63, 3.8) is 0 Å². The lowest BCUT2D eigenvalue weighted by atomic mass is 10.1. The SMILES string of the molecule is Cc1csc(C(=O)c2ccc3[nH]c(=O)c(=O)[nH]c3c2)c1Cl. The van der Waals surface area contributed by atoms with Gasteiger partial charge in [-0.2, -0.15) is 0 Å². The van der Waals surface area contributed by atoms with Crippen LogP contribution >= 0.6 is 22.9 Å². The lowest BCUT2D eigenvalue weighted by Gasteiger charge is -2.02. The van der Waals surface area contributed by atoms with Crippen molar-refractivity contribution >= 4 is 39.8 Å². The number of carbonyl (C=O) groups excluding carboxylic acids is 1. The Hall–Kier alpha value is -2.18. The first-order chi connectivity index (χ1) is 9.97. The van der Waals surface area contributed by atoms with Gasteiger partial charge in [-0.15, -0.1) is 11.3 Å². The summed E-state index contributed by atoms with van der Waals surface area (Å²) in [5.74, 6) is -0.216. The fourth-order valence-electron chi connectivity index (χ4n) is 1.97. The minimum Gasteiger partial charge on any atom is -0.316 e. The molecule has 0 saturated heterocycles. The molecule has 0 amide bonds. The highest BCUT2D eigenvalue weighted by Crippen LogP contribution is 2.29. The van der Waals surface area contributed by atoms with E-state index in [9.17, 15) is 14.4 Å². The number of benzene rings is 1. The first-order valence-corrected chi connectivity index (χ1v) is 7.28. The number of aromatic amines is 2. The summed E-state index contributed by atoms with van der Waals surface area (Å²) in [6, 6.07) is 4.69. The Morgan fingerprint density at radius 1 is 1.14 bits per heavy atom. The number of aromatic nitrogens is 2. The van der Waals surface area contributed by atoms with Crippen molar-refractivity contribution in [2.45, 2.75) is 6.92 Å². The molecule has 1 aromatic carbocycles. The summed E-state index contributed by atoms with van der Waals surface area (Å²) < 4.78 is 0. The van der Waals surface area contributed by atoms with Crippen molar-refractivity contribution in [2.24, 2.45) is 0 Å². The van der Waals surface area contributed by atoms with E-state index in [2.05, 4.69) is 9.97 Å². The standard InChI is InChI=1S/C14H9ClN2O3S/c1-6-5-21-12(10(6)15)11(18)7-2-3-8-9(4-7)17-14(20)13(19)16-8/h2-5H,1H3,(H,16,19)(H,17,20). The van der Waals surface area contributed by atoms with E-state index in [0.717, 1.165) is 5.56 Å². The summed E-state index contributed by atoms with van der Waals surface area (Å²) in [5.41, 5.74) is 0.632. The second kappa shape index (κ2) is 4.98. The van der Waals surface area contributed by atoms with Gasteiger partial charge in [-0.1, -0.05) is 11.6 Å². The van der Waals surface area contributed by atoms with Crippen LogP contribution in [0.15, 0.2) is 33.2 Å². The third-order valence-corrected chi connectivity index (χ3v) is 4.79. The van der Waals surface area contributed by atoms with Crippen molar-refractivity contribution in [1.29, 1.82) is 0 Å². The molecule has 3 aromatic rings. The summed E-state index contributed by atoms with van der Waals surface area (Å²) in [7, 11) is 0. The number of hydrogen-bond acceptors (Lipinski definition) is 4. The number of nitrogens with one attached hydrogen (secondary N) is 2. The van der Waals surface area contributed by atoms with E-state index >= 15 is 0 Å². The molecule has 21 heavy (non-hydrogen) atoms. The predicted molar refractivity (Wildman–Crippen MR) is 82.7 cm³/mol. The Morgan fingerprint density at radius 3 is 2.43 bits per heavy atom. The molecule has 7 heteroatoms. The summed E-state index contributed by atoms with van der Waals surface area (Å²) in [4.78, 5) is 40.4. The molecule has 5 nitrogen and oxygen atoms in total.